The maximum absolute atomic E-state index is 13.0. The summed E-state index contributed by atoms with van der Waals surface area (Å²) in [6.45, 7) is 5.30. The minimum Gasteiger partial charge on any atom is -0.338 e. The normalized spacial score (nSPS) is 17.7. The molecule has 0 radical (unpaired) electrons. The van der Waals surface area contributed by atoms with Crippen molar-refractivity contribution in [1.29, 1.82) is 0 Å². The molecule has 1 aromatic carbocycles. The Balaban J connectivity index is 1.75. The van der Waals surface area contributed by atoms with Crippen molar-refractivity contribution in [2.75, 3.05) is 33.7 Å². The fourth-order valence-electron chi connectivity index (χ4n) is 3.56. The Bertz CT molecular complexity index is 771. The van der Waals surface area contributed by atoms with Gasteiger partial charge >= 0.3 is 0 Å². The highest BCUT2D eigenvalue weighted by Gasteiger charge is 2.28. The molecule has 0 bridgehead atoms. The number of benzene rings is 1. The van der Waals surface area contributed by atoms with Crippen LogP contribution in [0, 0.1) is 6.92 Å². The molecule has 0 saturated carbocycles. The Hall–Kier alpha value is -1.85. The summed E-state index contributed by atoms with van der Waals surface area (Å²) in [4.78, 5) is 21.7. The molecule has 1 amide bonds. The van der Waals surface area contributed by atoms with Crippen LogP contribution in [0.4, 0.5) is 0 Å². The number of rotatable bonds is 5. The van der Waals surface area contributed by atoms with Gasteiger partial charge in [0.2, 0.25) is 0 Å². The number of imidazole rings is 1. The second-order valence-corrected chi connectivity index (χ2v) is 7.69. The molecule has 1 aromatic heterocycles. The van der Waals surface area contributed by atoms with E-state index in [0.717, 1.165) is 43.9 Å². The summed E-state index contributed by atoms with van der Waals surface area (Å²) < 4.78 is 2.23. The third-order valence-electron chi connectivity index (χ3n) is 5.11. The van der Waals surface area contributed by atoms with E-state index in [1.807, 2.05) is 42.4 Å². The number of hydrogen-bond acceptors (Lipinski definition) is 3. The highest BCUT2D eigenvalue weighted by Crippen LogP contribution is 2.28. The summed E-state index contributed by atoms with van der Waals surface area (Å²) in [5.41, 5.74) is 1.56. The third kappa shape index (κ3) is 4.10. The van der Waals surface area contributed by atoms with E-state index < -0.39 is 0 Å². The molecule has 0 N–H and O–H groups in total. The first-order valence-corrected chi connectivity index (χ1v) is 9.55. The molecule has 5 nitrogen and oxygen atoms in total. The Labute approximate surface area is 160 Å². The molecule has 3 rings (SSSR count). The molecule has 0 spiro atoms. The first-order valence-electron chi connectivity index (χ1n) is 9.17. The van der Waals surface area contributed by atoms with Crippen molar-refractivity contribution in [3.8, 4) is 0 Å². The number of carbonyl (C=O) groups is 1. The topological polar surface area (TPSA) is 41.4 Å². The van der Waals surface area contributed by atoms with Gasteiger partial charge in [0.05, 0.1) is 0 Å². The second-order valence-electron chi connectivity index (χ2n) is 7.28. The number of amides is 1. The van der Waals surface area contributed by atoms with E-state index in [2.05, 4.69) is 28.5 Å². The van der Waals surface area contributed by atoms with Crippen LogP contribution in [0.5, 0.6) is 0 Å². The molecule has 2 heterocycles. The number of carbonyl (C=O) groups excluding carboxylic acids is 1. The van der Waals surface area contributed by atoms with Gasteiger partial charge in [-0.3, -0.25) is 4.79 Å². The van der Waals surface area contributed by atoms with E-state index in [9.17, 15) is 4.79 Å². The molecule has 1 atom stereocenters. The van der Waals surface area contributed by atoms with Crippen molar-refractivity contribution in [2.24, 2.45) is 0 Å². The number of aromatic nitrogens is 2. The third-order valence-corrected chi connectivity index (χ3v) is 5.52. The van der Waals surface area contributed by atoms with Gasteiger partial charge < -0.3 is 14.4 Å². The lowest BCUT2D eigenvalue weighted by Crippen LogP contribution is -2.40. The van der Waals surface area contributed by atoms with Gasteiger partial charge in [-0.05, 0) is 51.6 Å². The molecular weight excluding hydrogens is 348 g/mol. The molecule has 0 aliphatic carbocycles. The first-order chi connectivity index (χ1) is 12.5. The smallest absolute Gasteiger partial charge is 0.254 e. The quantitative estimate of drug-likeness (QED) is 0.805. The maximum Gasteiger partial charge on any atom is 0.254 e. The van der Waals surface area contributed by atoms with E-state index in [-0.39, 0.29) is 11.8 Å². The van der Waals surface area contributed by atoms with Crippen molar-refractivity contribution in [2.45, 2.75) is 32.2 Å². The summed E-state index contributed by atoms with van der Waals surface area (Å²) in [6, 6.07) is 5.54. The first kappa shape index (κ1) is 18.9. The van der Waals surface area contributed by atoms with Crippen molar-refractivity contribution in [1.82, 2.24) is 19.4 Å². The summed E-state index contributed by atoms with van der Waals surface area (Å²) in [5.74, 6) is 1.44. The van der Waals surface area contributed by atoms with Gasteiger partial charge in [0.1, 0.15) is 5.82 Å². The Morgan fingerprint density at radius 3 is 2.96 bits per heavy atom. The van der Waals surface area contributed by atoms with Crippen molar-refractivity contribution >= 4 is 17.5 Å². The number of halogens is 1. The lowest BCUT2D eigenvalue weighted by molar-refractivity contribution is 0.0702. The van der Waals surface area contributed by atoms with Crippen molar-refractivity contribution < 1.29 is 4.79 Å². The van der Waals surface area contributed by atoms with E-state index in [1.54, 1.807) is 0 Å². The summed E-state index contributed by atoms with van der Waals surface area (Å²) in [5, 5.41) is 0.642. The van der Waals surface area contributed by atoms with E-state index in [4.69, 9.17) is 11.6 Å². The Morgan fingerprint density at radius 1 is 1.38 bits per heavy atom. The number of hydrogen-bond donors (Lipinski definition) is 0. The Morgan fingerprint density at radius 2 is 2.19 bits per heavy atom. The minimum absolute atomic E-state index is 0.0705. The highest BCUT2D eigenvalue weighted by atomic mass is 35.5. The van der Waals surface area contributed by atoms with Crippen LogP contribution in [0.1, 0.15) is 40.5 Å². The van der Waals surface area contributed by atoms with Crippen LogP contribution in [-0.4, -0.2) is 59.0 Å². The zero-order chi connectivity index (χ0) is 18.7. The lowest BCUT2D eigenvalue weighted by atomic mass is 9.96. The van der Waals surface area contributed by atoms with Gasteiger partial charge in [-0.25, -0.2) is 4.98 Å². The average Bonchev–Trinajstić information content (AvgIpc) is 3.10. The van der Waals surface area contributed by atoms with E-state index in [0.29, 0.717) is 17.1 Å². The molecule has 140 valence electrons. The van der Waals surface area contributed by atoms with E-state index >= 15 is 0 Å². The molecule has 1 aliphatic heterocycles. The van der Waals surface area contributed by atoms with Crippen LogP contribution >= 0.6 is 11.6 Å². The molecule has 1 fully saturated rings. The van der Waals surface area contributed by atoms with Crippen LogP contribution in [-0.2, 0) is 6.54 Å². The SMILES string of the molecule is Cc1c(Cl)cccc1C(=O)N1CCC[C@H](c2nccn2CCN(C)C)C1. The van der Waals surface area contributed by atoms with Gasteiger partial charge in [-0.15, -0.1) is 0 Å². The monoisotopic (exact) mass is 374 g/mol. The predicted molar refractivity (Wildman–Crippen MR) is 105 cm³/mol. The molecular formula is C20H27ClN4O. The zero-order valence-corrected chi connectivity index (χ0v) is 16.5. The van der Waals surface area contributed by atoms with Gasteiger partial charge in [0.15, 0.2) is 0 Å². The van der Waals surface area contributed by atoms with Crippen LogP contribution in [0.3, 0.4) is 0 Å². The standard InChI is InChI=1S/C20H27ClN4O/c1-15-17(7-4-8-18(15)21)20(26)25-10-5-6-16(14-25)19-22-9-11-24(19)13-12-23(2)3/h4,7-9,11,16H,5-6,10,12-14H2,1-3H3/t16-/m0/s1. The van der Waals surface area contributed by atoms with Crippen molar-refractivity contribution in [3.63, 3.8) is 0 Å². The van der Waals surface area contributed by atoms with Gasteiger partial charge in [-0.2, -0.15) is 0 Å². The van der Waals surface area contributed by atoms with Gasteiger partial charge in [0.25, 0.3) is 5.91 Å². The number of nitrogens with zero attached hydrogens (tertiary/aromatic N) is 4. The van der Waals surface area contributed by atoms with Crippen LogP contribution in [0.25, 0.3) is 0 Å². The second kappa shape index (κ2) is 8.23. The van der Waals surface area contributed by atoms with Crippen LogP contribution in [0.2, 0.25) is 5.02 Å². The predicted octanol–water partition coefficient (Wildman–Crippen LogP) is 3.43. The molecule has 6 heteroatoms. The molecule has 0 unspecified atom stereocenters. The zero-order valence-electron chi connectivity index (χ0n) is 15.8. The average molecular weight is 375 g/mol. The highest BCUT2D eigenvalue weighted by molar-refractivity contribution is 6.31. The molecule has 2 aromatic rings. The van der Waals surface area contributed by atoms with Crippen LogP contribution in [0.15, 0.2) is 30.6 Å². The molecule has 1 aliphatic rings. The molecule has 1 saturated heterocycles. The number of likely N-dealkylation sites (N-methyl/N-ethyl adjacent to an activating group) is 1. The number of likely N-dealkylation sites (tertiary alicyclic amines) is 1. The van der Waals surface area contributed by atoms with Crippen LogP contribution < -0.4 is 0 Å². The minimum atomic E-state index is 0.0705. The summed E-state index contributed by atoms with van der Waals surface area (Å²) in [6.07, 6.45) is 5.97. The van der Waals surface area contributed by atoms with Gasteiger partial charge in [0, 0.05) is 55.1 Å². The van der Waals surface area contributed by atoms with Crippen molar-refractivity contribution in [3.05, 3.63) is 52.6 Å². The van der Waals surface area contributed by atoms with E-state index in [1.165, 1.54) is 0 Å². The summed E-state index contributed by atoms with van der Waals surface area (Å²) >= 11 is 6.20. The van der Waals surface area contributed by atoms with Gasteiger partial charge in [-0.1, -0.05) is 17.7 Å². The number of piperidine rings is 1. The maximum atomic E-state index is 13.0. The summed E-state index contributed by atoms with van der Waals surface area (Å²) in [7, 11) is 4.15. The largest absolute Gasteiger partial charge is 0.338 e. The molecule has 26 heavy (non-hydrogen) atoms. The Kier molecular flexibility index (Phi) is 5.99. The fourth-order valence-corrected chi connectivity index (χ4v) is 3.73. The fraction of sp³-hybridized carbons (Fsp3) is 0.500. The lowest BCUT2D eigenvalue weighted by Gasteiger charge is -2.33.